The van der Waals surface area contributed by atoms with Crippen LogP contribution in [0.25, 0.3) is 0 Å². The third-order valence-corrected chi connectivity index (χ3v) is 7.76. The second kappa shape index (κ2) is 11.5. The number of pyridine rings is 1. The van der Waals surface area contributed by atoms with E-state index in [4.69, 9.17) is 9.47 Å². The second-order valence-electron chi connectivity index (χ2n) is 8.13. The Balaban J connectivity index is 2.04. The van der Waals surface area contributed by atoms with Gasteiger partial charge in [0.1, 0.15) is 11.4 Å². The van der Waals surface area contributed by atoms with Gasteiger partial charge in [0.2, 0.25) is 10.0 Å². The van der Waals surface area contributed by atoms with Crippen LogP contribution in [0.3, 0.4) is 0 Å². The molecule has 0 aliphatic rings. The molecule has 3 rings (SSSR count). The summed E-state index contributed by atoms with van der Waals surface area (Å²) in [5.41, 5.74) is 2.38. The van der Waals surface area contributed by atoms with E-state index >= 15 is 0 Å². The van der Waals surface area contributed by atoms with Crippen molar-refractivity contribution in [3.05, 3.63) is 76.9 Å². The molecular weight excluding hydrogens is 482 g/mol. The molecule has 0 unspecified atom stereocenters. The number of carbonyl (C=O) groups is 2. The van der Waals surface area contributed by atoms with Crippen LogP contribution < -0.4 is 4.74 Å². The predicted octanol–water partition coefficient (Wildman–Crippen LogP) is 3.78. The van der Waals surface area contributed by atoms with Crippen LogP contribution in [0.4, 0.5) is 0 Å². The van der Waals surface area contributed by atoms with Crippen LogP contribution in [-0.4, -0.2) is 54.3 Å². The van der Waals surface area contributed by atoms with Crippen LogP contribution in [-0.2, 0) is 27.8 Å². The normalized spacial score (nSPS) is 11.5. The molecule has 0 amide bonds. The van der Waals surface area contributed by atoms with Crippen LogP contribution in [0.15, 0.2) is 53.7 Å². The second-order valence-corrected chi connectivity index (χ2v) is 10.1. The van der Waals surface area contributed by atoms with Gasteiger partial charge in [-0.2, -0.15) is 4.31 Å². The van der Waals surface area contributed by atoms with Crippen molar-refractivity contribution in [2.24, 2.45) is 0 Å². The molecule has 0 radical (unpaired) electrons. The number of aromatic nitrogens is 2. The van der Waals surface area contributed by atoms with Gasteiger partial charge in [-0.3, -0.25) is 9.78 Å². The molecule has 2 heterocycles. The van der Waals surface area contributed by atoms with E-state index in [9.17, 15) is 18.0 Å². The fourth-order valence-electron chi connectivity index (χ4n) is 4.22. The lowest BCUT2D eigenvalue weighted by Gasteiger charge is -2.22. The maximum Gasteiger partial charge on any atom is 0.355 e. The molecule has 0 saturated heterocycles. The minimum Gasteiger partial charge on any atom is -0.497 e. The Morgan fingerprint density at radius 1 is 1.03 bits per heavy atom. The molecule has 1 aromatic carbocycles. The Hall–Kier alpha value is -3.50. The number of ketones is 1. The molecule has 0 aliphatic carbocycles. The summed E-state index contributed by atoms with van der Waals surface area (Å²) in [5, 5.41) is 0. The van der Waals surface area contributed by atoms with E-state index in [1.807, 2.05) is 6.92 Å². The van der Waals surface area contributed by atoms with Gasteiger partial charge in [0.15, 0.2) is 5.78 Å². The largest absolute Gasteiger partial charge is 0.497 e. The van der Waals surface area contributed by atoms with Crippen molar-refractivity contribution in [3.8, 4) is 5.75 Å². The lowest BCUT2D eigenvalue weighted by Crippen LogP contribution is -2.35. The maximum absolute atomic E-state index is 13.6. The average Bonchev–Trinajstić information content (AvgIpc) is 3.13. The molecule has 3 aromatic rings. The van der Waals surface area contributed by atoms with Crippen molar-refractivity contribution in [3.63, 3.8) is 0 Å². The van der Waals surface area contributed by atoms with E-state index in [1.165, 1.54) is 19.2 Å². The van der Waals surface area contributed by atoms with Crippen LogP contribution >= 0.6 is 0 Å². The zero-order chi connectivity index (χ0) is 26.5. The lowest BCUT2D eigenvalue weighted by molar-refractivity contribution is 0.0512. The summed E-state index contributed by atoms with van der Waals surface area (Å²) in [6.07, 6.45) is 3.13. The Labute approximate surface area is 211 Å². The van der Waals surface area contributed by atoms with Crippen LogP contribution in [0.5, 0.6) is 5.75 Å². The van der Waals surface area contributed by atoms with Crippen molar-refractivity contribution < 1.29 is 27.5 Å². The van der Waals surface area contributed by atoms with Gasteiger partial charge in [0.25, 0.3) is 0 Å². The smallest absolute Gasteiger partial charge is 0.355 e. The maximum atomic E-state index is 13.6. The van der Waals surface area contributed by atoms with Crippen molar-refractivity contribution in [2.45, 2.75) is 45.7 Å². The van der Waals surface area contributed by atoms with E-state index in [1.54, 1.807) is 62.0 Å². The van der Waals surface area contributed by atoms with Crippen molar-refractivity contribution in [2.75, 3.05) is 20.3 Å². The van der Waals surface area contributed by atoms with Gasteiger partial charge in [0.05, 0.1) is 25.2 Å². The van der Waals surface area contributed by atoms with Gasteiger partial charge in [-0.25, -0.2) is 13.2 Å². The molecule has 0 aliphatic heterocycles. The average molecular weight is 514 g/mol. The van der Waals surface area contributed by atoms with Crippen LogP contribution in [0.1, 0.15) is 51.5 Å². The Kier molecular flexibility index (Phi) is 8.65. The van der Waals surface area contributed by atoms with E-state index < -0.39 is 28.3 Å². The summed E-state index contributed by atoms with van der Waals surface area (Å²) in [4.78, 5) is 30.3. The number of Topliss-reactive ketones (excluding diaryl/α,β-unsaturated/α-hetero) is 1. The number of nitrogens with zero attached hydrogens (tertiary/aromatic N) is 3. The summed E-state index contributed by atoms with van der Waals surface area (Å²) >= 11 is 0. The quantitative estimate of drug-likeness (QED) is 0.284. The van der Waals surface area contributed by atoms with E-state index in [0.29, 0.717) is 40.4 Å². The van der Waals surface area contributed by atoms with Crippen LogP contribution in [0, 0.1) is 13.8 Å². The molecule has 0 N–H and O–H groups in total. The summed E-state index contributed by atoms with van der Waals surface area (Å²) in [6, 6.07) is 9.40. The highest BCUT2D eigenvalue weighted by Gasteiger charge is 2.31. The molecular formula is C26H31N3O6S. The standard InChI is InChI=1S/C26H31N3O6S/c1-6-29-19(4)24(18(3)25(29)26(31)35-7-2)23(30)17-28(16-20-12-14-27-15-13-20)36(32,33)22-10-8-21(34-5)9-11-22/h8-15H,6-7,16-17H2,1-5H3. The number of carbonyl (C=O) groups excluding carboxylic acids is 2. The topological polar surface area (TPSA) is 108 Å². The molecule has 0 fully saturated rings. The van der Waals surface area contributed by atoms with Crippen LogP contribution in [0.2, 0.25) is 0 Å². The highest BCUT2D eigenvalue weighted by atomic mass is 32.2. The van der Waals surface area contributed by atoms with Gasteiger partial charge in [-0.15, -0.1) is 0 Å². The first-order chi connectivity index (χ1) is 17.1. The summed E-state index contributed by atoms with van der Waals surface area (Å²) in [6.45, 7) is 7.24. The molecule has 36 heavy (non-hydrogen) atoms. The van der Waals surface area contributed by atoms with Gasteiger partial charge >= 0.3 is 5.97 Å². The monoisotopic (exact) mass is 513 g/mol. The van der Waals surface area contributed by atoms with Gasteiger partial charge in [0, 0.05) is 36.7 Å². The number of esters is 1. The first-order valence-corrected chi connectivity index (χ1v) is 13.0. The van der Waals surface area contributed by atoms with E-state index in [-0.39, 0.29) is 18.0 Å². The molecule has 9 nitrogen and oxygen atoms in total. The third-order valence-electron chi connectivity index (χ3n) is 5.96. The fourth-order valence-corrected chi connectivity index (χ4v) is 5.60. The highest BCUT2D eigenvalue weighted by molar-refractivity contribution is 7.89. The molecule has 0 atom stereocenters. The highest BCUT2D eigenvalue weighted by Crippen LogP contribution is 2.26. The number of rotatable bonds is 11. The van der Waals surface area contributed by atoms with E-state index in [2.05, 4.69) is 4.98 Å². The van der Waals surface area contributed by atoms with Crippen molar-refractivity contribution in [1.29, 1.82) is 0 Å². The van der Waals surface area contributed by atoms with Gasteiger partial charge < -0.3 is 14.0 Å². The summed E-state index contributed by atoms with van der Waals surface area (Å²) in [7, 11) is -2.55. The Morgan fingerprint density at radius 2 is 1.67 bits per heavy atom. The first-order valence-electron chi connectivity index (χ1n) is 11.6. The zero-order valence-electron chi connectivity index (χ0n) is 21.1. The zero-order valence-corrected chi connectivity index (χ0v) is 22.0. The SMILES string of the molecule is CCOC(=O)c1c(C)c(C(=O)CN(Cc2ccncc2)S(=O)(=O)c2ccc(OC)cc2)c(C)n1CC. The number of ether oxygens (including phenoxy) is 2. The number of hydrogen-bond donors (Lipinski definition) is 0. The van der Waals surface area contributed by atoms with Gasteiger partial charge in [-0.05, 0) is 75.2 Å². The molecule has 192 valence electrons. The molecule has 10 heteroatoms. The summed E-state index contributed by atoms with van der Waals surface area (Å²) in [5.74, 6) is -0.406. The molecule has 0 bridgehead atoms. The number of benzene rings is 1. The number of hydrogen-bond acceptors (Lipinski definition) is 7. The Bertz CT molecular complexity index is 1330. The lowest BCUT2D eigenvalue weighted by atomic mass is 10.1. The fraction of sp³-hybridized carbons (Fsp3) is 0.346. The molecule has 0 spiro atoms. The van der Waals surface area contributed by atoms with Crippen molar-refractivity contribution >= 4 is 21.8 Å². The summed E-state index contributed by atoms with van der Waals surface area (Å²) < 4.78 is 40.5. The molecule has 0 saturated carbocycles. The minimum absolute atomic E-state index is 0.0278. The number of sulfonamides is 1. The van der Waals surface area contributed by atoms with E-state index in [0.717, 1.165) is 4.31 Å². The van der Waals surface area contributed by atoms with Crippen molar-refractivity contribution in [1.82, 2.24) is 13.9 Å². The molecule has 2 aromatic heterocycles. The third kappa shape index (κ3) is 5.50. The number of methoxy groups -OCH3 is 1. The van der Waals surface area contributed by atoms with Gasteiger partial charge in [-0.1, -0.05) is 0 Å². The minimum atomic E-state index is -4.05. The Morgan fingerprint density at radius 3 is 2.22 bits per heavy atom. The predicted molar refractivity (Wildman–Crippen MR) is 135 cm³/mol. The first kappa shape index (κ1) is 27.1.